The van der Waals surface area contributed by atoms with Crippen molar-refractivity contribution in [1.29, 1.82) is 0 Å². The fourth-order valence-corrected chi connectivity index (χ4v) is 3.67. The van der Waals surface area contributed by atoms with E-state index in [1.807, 2.05) is 13.8 Å². The number of benzene rings is 1. The van der Waals surface area contributed by atoms with Crippen molar-refractivity contribution in [1.82, 2.24) is 10.2 Å². The number of aromatic nitrogens is 2. The third kappa shape index (κ3) is 3.03. The lowest BCUT2D eigenvalue weighted by molar-refractivity contribution is -0.00546. The second-order valence-corrected chi connectivity index (χ2v) is 7.08. The zero-order chi connectivity index (χ0) is 17.4. The van der Waals surface area contributed by atoms with Crippen LogP contribution in [0.25, 0.3) is 10.6 Å². The number of hydrogen-bond acceptors (Lipinski definition) is 6. The van der Waals surface area contributed by atoms with Crippen molar-refractivity contribution in [3.8, 4) is 10.6 Å². The van der Waals surface area contributed by atoms with E-state index in [-0.39, 0.29) is 34.0 Å². The van der Waals surface area contributed by atoms with Crippen molar-refractivity contribution in [2.75, 3.05) is 18.0 Å². The Kier molecular flexibility index (Phi) is 4.60. The van der Waals surface area contributed by atoms with E-state index in [1.54, 1.807) is 11.8 Å². The molecule has 3 rings (SSSR count). The second-order valence-electron chi connectivity index (χ2n) is 5.90. The Balaban J connectivity index is 2.11. The predicted molar refractivity (Wildman–Crippen MR) is 87.6 cm³/mol. The van der Waals surface area contributed by atoms with Crippen LogP contribution in [0.15, 0.2) is 6.07 Å². The first-order chi connectivity index (χ1) is 11.4. The molecule has 0 radical (unpaired) electrons. The maximum absolute atomic E-state index is 14.8. The number of morpholine rings is 1. The third-order valence-electron chi connectivity index (χ3n) is 3.83. The molecule has 0 spiro atoms. The normalized spacial score (nSPS) is 21.1. The lowest BCUT2D eigenvalue weighted by atomic mass is 10.1. The molecule has 1 aromatic carbocycles. The minimum atomic E-state index is -1.04. The van der Waals surface area contributed by atoms with Gasteiger partial charge in [-0.05, 0) is 26.8 Å². The number of ether oxygens (including phenoxy) is 1. The van der Waals surface area contributed by atoms with Crippen molar-refractivity contribution in [3.05, 3.63) is 28.3 Å². The molecular formula is C16H17F2N3O2S. The molecule has 1 aliphatic heterocycles. The Morgan fingerprint density at radius 3 is 2.46 bits per heavy atom. The summed E-state index contributed by atoms with van der Waals surface area (Å²) in [5.74, 6) is -2.05. The van der Waals surface area contributed by atoms with Gasteiger partial charge in [-0.2, -0.15) is 0 Å². The highest BCUT2D eigenvalue weighted by Gasteiger charge is 2.29. The van der Waals surface area contributed by atoms with Gasteiger partial charge in [0, 0.05) is 18.7 Å². The van der Waals surface area contributed by atoms with Gasteiger partial charge in [0.15, 0.2) is 22.9 Å². The van der Waals surface area contributed by atoms with Crippen LogP contribution in [0.3, 0.4) is 0 Å². The van der Waals surface area contributed by atoms with Gasteiger partial charge in [0.05, 0.1) is 23.5 Å². The molecule has 2 atom stereocenters. The minimum Gasteiger partial charge on any atom is -0.372 e. The van der Waals surface area contributed by atoms with E-state index >= 15 is 0 Å². The van der Waals surface area contributed by atoms with Crippen LogP contribution in [0.1, 0.15) is 29.2 Å². The number of carbonyl (C=O) groups excluding carboxylic acids is 1. The molecule has 1 saturated heterocycles. The van der Waals surface area contributed by atoms with E-state index in [1.165, 1.54) is 6.07 Å². The summed E-state index contributed by atoms with van der Waals surface area (Å²) in [5, 5.41) is 8.55. The lowest BCUT2D eigenvalue weighted by Crippen LogP contribution is -2.46. The minimum absolute atomic E-state index is 0.0190. The van der Waals surface area contributed by atoms with Gasteiger partial charge < -0.3 is 9.64 Å². The van der Waals surface area contributed by atoms with Crippen molar-refractivity contribution in [2.24, 2.45) is 0 Å². The Labute approximate surface area is 142 Å². The van der Waals surface area contributed by atoms with Crippen molar-refractivity contribution in [2.45, 2.75) is 33.0 Å². The Hall–Kier alpha value is -1.93. The second kappa shape index (κ2) is 6.52. The van der Waals surface area contributed by atoms with Gasteiger partial charge in [0.1, 0.15) is 5.01 Å². The molecule has 128 valence electrons. The molecular weight excluding hydrogens is 336 g/mol. The quantitative estimate of drug-likeness (QED) is 0.793. The summed E-state index contributed by atoms with van der Waals surface area (Å²) >= 11 is 1.15. The average Bonchev–Trinajstić information content (AvgIpc) is 2.94. The summed E-state index contributed by atoms with van der Waals surface area (Å²) < 4.78 is 35.0. The molecule has 0 bridgehead atoms. The number of carbonyl (C=O) groups is 1. The van der Waals surface area contributed by atoms with Crippen LogP contribution in [0.4, 0.5) is 14.5 Å². The van der Waals surface area contributed by atoms with Gasteiger partial charge in [-0.25, -0.2) is 8.78 Å². The molecule has 1 aromatic heterocycles. The van der Waals surface area contributed by atoms with Crippen LogP contribution in [-0.4, -0.2) is 41.8 Å². The highest BCUT2D eigenvalue weighted by atomic mass is 32.1. The molecule has 1 aliphatic rings. The number of anilines is 1. The molecule has 1 fully saturated rings. The summed E-state index contributed by atoms with van der Waals surface area (Å²) in [6.07, 6.45) is 0.266. The first-order valence-corrected chi connectivity index (χ1v) is 8.40. The maximum Gasteiger partial charge on any atom is 0.183 e. The summed E-state index contributed by atoms with van der Waals surface area (Å²) in [6, 6.07) is 1.34. The van der Waals surface area contributed by atoms with E-state index in [2.05, 4.69) is 10.2 Å². The summed E-state index contributed by atoms with van der Waals surface area (Å²) in [4.78, 5) is 13.2. The number of hydrogen-bond donors (Lipinski definition) is 0. The molecule has 8 heteroatoms. The van der Waals surface area contributed by atoms with E-state index in [0.29, 0.717) is 24.4 Å². The number of aryl methyl sites for hydroxylation is 1. The molecule has 0 aliphatic carbocycles. The molecule has 5 nitrogen and oxygen atoms in total. The predicted octanol–water partition coefficient (Wildman–Crippen LogP) is 3.22. The van der Waals surface area contributed by atoms with Crippen LogP contribution >= 0.6 is 11.3 Å². The molecule has 1 unspecified atom stereocenters. The fraction of sp³-hybridized carbons (Fsp3) is 0.438. The van der Waals surface area contributed by atoms with E-state index in [0.717, 1.165) is 11.3 Å². The van der Waals surface area contributed by atoms with Crippen LogP contribution in [0.5, 0.6) is 0 Å². The monoisotopic (exact) mass is 353 g/mol. The van der Waals surface area contributed by atoms with Crippen molar-refractivity contribution in [3.63, 3.8) is 0 Å². The molecule has 24 heavy (non-hydrogen) atoms. The SMILES string of the molecule is Cc1nnc(-c2cc(C=O)c(N3CC(C)O[C@@H](C)C3)c(F)c2F)s1. The van der Waals surface area contributed by atoms with Gasteiger partial charge in [0.2, 0.25) is 0 Å². The van der Waals surface area contributed by atoms with Gasteiger partial charge in [-0.1, -0.05) is 11.3 Å². The van der Waals surface area contributed by atoms with E-state index in [4.69, 9.17) is 4.74 Å². The lowest BCUT2D eigenvalue weighted by Gasteiger charge is -2.37. The standard InChI is InChI=1S/C16H17F2N3O2S/c1-8-5-21(6-9(2)23-8)15-11(7-22)4-12(13(17)14(15)18)16-20-19-10(3)24-16/h4,7-9H,5-6H2,1-3H3/t8-,9?/m0/s1. The smallest absolute Gasteiger partial charge is 0.183 e. The van der Waals surface area contributed by atoms with Gasteiger partial charge in [-0.15, -0.1) is 10.2 Å². The highest BCUT2D eigenvalue weighted by molar-refractivity contribution is 7.14. The zero-order valence-corrected chi connectivity index (χ0v) is 14.4. The van der Waals surface area contributed by atoms with Crippen LogP contribution < -0.4 is 4.90 Å². The average molecular weight is 353 g/mol. The van der Waals surface area contributed by atoms with Crippen LogP contribution in [-0.2, 0) is 4.74 Å². The largest absolute Gasteiger partial charge is 0.372 e. The van der Waals surface area contributed by atoms with Crippen LogP contribution in [0.2, 0.25) is 0 Å². The maximum atomic E-state index is 14.8. The van der Waals surface area contributed by atoms with Crippen molar-refractivity contribution >= 4 is 23.3 Å². The molecule has 0 N–H and O–H groups in total. The van der Waals surface area contributed by atoms with Crippen LogP contribution in [0, 0.1) is 18.6 Å². The zero-order valence-electron chi connectivity index (χ0n) is 13.5. The summed E-state index contributed by atoms with van der Waals surface area (Å²) in [7, 11) is 0. The van der Waals surface area contributed by atoms with Gasteiger partial charge in [0.25, 0.3) is 0 Å². The fourth-order valence-electron chi connectivity index (χ4n) is 2.97. The van der Waals surface area contributed by atoms with Gasteiger partial charge >= 0.3 is 0 Å². The summed E-state index contributed by atoms with van der Waals surface area (Å²) in [5.41, 5.74) is 0.0332. The molecule has 2 heterocycles. The number of aldehydes is 1. The third-order valence-corrected chi connectivity index (χ3v) is 4.70. The first kappa shape index (κ1) is 16.9. The number of rotatable bonds is 3. The Morgan fingerprint density at radius 2 is 1.92 bits per heavy atom. The first-order valence-electron chi connectivity index (χ1n) is 7.58. The molecule has 2 aromatic rings. The molecule has 0 amide bonds. The molecule has 0 saturated carbocycles. The van der Waals surface area contributed by atoms with Crippen molar-refractivity contribution < 1.29 is 18.3 Å². The number of nitrogens with zero attached hydrogens (tertiary/aromatic N) is 3. The summed E-state index contributed by atoms with van der Waals surface area (Å²) in [6.45, 7) is 6.21. The topological polar surface area (TPSA) is 55.3 Å². The Bertz CT molecular complexity index is 771. The van der Waals surface area contributed by atoms with E-state index < -0.39 is 11.6 Å². The Morgan fingerprint density at radius 1 is 1.25 bits per heavy atom. The number of halogens is 2. The highest BCUT2D eigenvalue weighted by Crippen LogP contribution is 2.35. The van der Waals surface area contributed by atoms with Gasteiger partial charge in [-0.3, -0.25) is 4.79 Å². The van der Waals surface area contributed by atoms with E-state index in [9.17, 15) is 13.6 Å².